The van der Waals surface area contributed by atoms with Gasteiger partial charge in [0.15, 0.2) is 0 Å². The Morgan fingerprint density at radius 3 is 1.71 bits per heavy atom. The maximum absolute atomic E-state index is 5.60. The quantitative estimate of drug-likeness (QED) is 0.503. The number of hydrogen-bond donors (Lipinski definition) is 0. The number of rotatable bonds is 4. The van der Waals surface area contributed by atoms with Crippen LogP contribution in [0.15, 0.2) is 0 Å². The Morgan fingerprint density at radius 2 is 1.33 bits per heavy atom. The molecule has 0 saturated carbocycles. The number of ether oxygens (including phenoxy) is 4. The van der Waals surface area contributed by atoms with Crippen molar-refractivity contribution in [1.82, 2.24) is 9.80 Å². The first-order valence-corrected chi connectivity index (χ1v) is 10.7. The second-order valence-corrected chi connectivity index (χ2v) is 8.85. The fourth-order valence-corrected chi connectivity index (χ4v) is 5.53. The van der Waals surface area contributed by atoms with Crippen molar-refractivity contribution in [2.24, 2.45) is 0 Å². The molecule has 0 aliphatic carbocycles. The molecule has 2 aliphatic rings. The predicted octanol–water partition coefficient (Wildman–Crippen LogP) is 1.63. The highest BCUT2D eigenvalue weighted by atomic mass is 33.1. The lowest BCUT2D eigenvalue weighted by Gasteiger charge is -2.38. The van der Waals surface area contributed by atoms with Crippen molar-refractivity contribution in [3.8, 4) is 0 Å². The summed E-state index contributed by atoms with van der Waals surface area (Å²) in [5.41, 5.74) is 0. The van der Waals surface area contributed by atoms with Crippen LogP contribution in [0.2, 0.25) is 0 Å². The van der Waals surface area contributed by atoms with E-state index in [-0.39, 0.29) is 12.1 Å². The van der Waals surface area contributed by atoms with E-state index in [1.165, 1.54) is 21.6 Å². The largest absolute Gasteiger partial charge is 0.382 e. The van der Waals surface area contributed by atoms with Crippen molar-refractivity contribution >= 4 is 54.7 Å². The summed E-state index contributed by atoms with van der Waals surface area (Å²) in [6.45, 7) is 5.45. The average molecular weight is 413 g/mol. The van der Waals surface area contributed by atoms with E-state index in [0.717, 1.165) is 21.7 Å². The third-order valence-corrected chi connectivity index (χ3v) is 7.46. The minimum atomic E-state index is 0.169. The summed E-state index contributed by atoms with van der Waals surface area (Å²) in [4.78, 5) is 4.35. The highest BCUT2D eigenvalue weighted by molar-refractivity contribution is 8.89. The van der Waals surface area contributed by atoms with Gasteiger partial charge >= 0.3 is 0 Å². The Hall–Kier alpha value is 0.320. The molecule has 2 heterocycles. The smallest absolute Gasteiger partial charge is 0.147 e. The third kappa shape index (κ3) is 5.94. The molecular weight excluding hydrogens is 388 g/mol. The van der Waals surface area contributed by atoms with Crippen LogP contribution >= 0.6 is 46.0 Å². The Bertz CT molecular complexity index is 388. The van der Waals surface area contributed by atoms with Crippen molar-refractivity contribution < 1.29 is 18.9 Å². The minimum absolute atomic E-state index is 0.169. The summed E-state index contributed by atoms with van der Waals surface area (Å²) in [6.07, 6.45) is 0. The van der Waals surface area contributed by atoms with Gasteiger partial charge in [-0.2, -0.15) is 0 Å². The SMILES string of the molecule is COC[C@H]1COCCN1C(=S)SSC(=S)N1CCOC[C@@H]1COC. The van der Waals surface area contributed by atoms with Gasteiger partial charge in [-0.3, -0.25) is 0 Å². The minimum Gasteiger partial charge on any atom is -0.382 e. The molecule has 0 aromatic rings. The zero-order chi connectivity index (χ0) is 17.4. The van der Waals surface area contributed by atoms with Crippen LogP contribution < -0.4 is 0 Å². The molecule has 2 fully saturated rings. The van der Waals surface area contributed by atoms with Crippen molar-refractivity contribution in [3.05, 3.63) is 0 Å². The van der Waals surface area contributed by atoms with E-state index in [9.17, 15) is 0 Å². The first-order valence-electron chi connectivity index (χ1n) is 7.76. The van der Waals surface area contributed by atoms with Gasteiger partial charge in [-0.1, -0.05) is 24.4 Å². The summed E-state index contributed by atoms with van der Waals surface area (Å²) < 4.78 is 23.2. The lowest BCUT2D eigenvalue weighted by molar-refractivity contribution is -0.00232. The Kier molecular flexibility index (Phi) is 9.56. The van der Waals surface area contributed by atoms with Crippen LogP contribution in [0.1, 0.15) is 0 Å². The highest BCUT2D eigenvalue weighted by Gasteiger charge is 2.28. The van der Waals surface area contributed by atoms with Crippen LogP contribution in [-0.4, -0.2) is 97.5 Å². The van der Waals surface area contributed by atoms with Crippen LogP contribution in [0.4, 0.5) is 0 Å². The molecular formula is C14H24N2O4S4. The second kappa shape index (κ2) is 11.1. The van der Waals surface area contributed by atoms with Crippen molar-refractivity contribution in [1.29, 1.82) is 0 Å². The molecule has 0 spiro atoms. The van der Waals surface area contributed by atoms with Gasteiger partial charge in [0.2, 0.25) is 0 Å². The number of thiocarbonyl (C=S) groups is 2. The van der Waals surface area contributed by atoms with E-state index < -0.39 is 0 Å². The molecule has 0 bridgehead atoms. The Labute approximate surface area is 162 Å². The van der Waals surface area contributed by atoms with Gasteiger partial charge in [0.05, 0.1) is 51.7 Å². The first kappa shape index (κ1) is 20.6. The summed E-state index contributed by atoms with van der Waals surface area (Å²) in [5.74, 6) is 0. The van der Waals surface area contributed by atoms with Gasteiger partial charge in [-0.05, 0) is 21.6 Å². The summed E-state index contributed by atoms with van der Waals surface area (Å²) in [7, 11) is 6.46. The zero-order valence-electron chi connectivity index (χ0n) is 14.0. The fraction of sp³-hybridized carbons (Fsp3) is 0.857. The molecule has 24 heavy (non-hydrogen) atoms. The molecule has 0 radical (unpaired) electrons. The van der Waals surface area contributed by atoms with E-state index >= 15 is 0 Å². The standard InChI is InChI=1S/C14H24N2O4S4/c1-17-7-11-9-19-5-3-15(11)13(21)23-24-14(22)16-4-6-20-10-12(16)8-18-2/h11-12H,3-10H2,1-2H3/t11-,12-/m0/s1. The number of nitrogens with zero attached hydrogens (tertiary/aromatic N) is 2. The molecule has 2 atom stereocenters. The Morgan fingerprint density at radius 1 is 0.917 bits per heavy atom. The van der Waals surface area contributed by atoms with Gasteiger partial charge in [0.1, 0.15) is 8.64 Å². The molecule has 0 unspecified atom stereocenters. The van der Waals surface area contributed by atoms with Crippen LogP contribution in [0.3, 0.4) is 0 Å². The van der Waals surface area contributed by atoms with E-state index in [2.05, 4.69) is 9.80 Å². The third-order valence-electron chi connectivity index (χ3n) is 3.83. The molecule has 10 heteroatoms. The zero-order valence-corrected chi connectivity index (χ0v) is 17.2. The van der Waals surface area contributed by atoms with E-state index in [1.54, 1.807) is 14.2 Å². The lowest BCUT2D eigenvalue weighted by atomic mass is 10.2. The molecule has 0 amide bonds. The van der Waals surface area contributed by atoms with Gasteiger partial charge in [-0.25, -0.2) is 0 Å². The van der Waals surface area contributed by atoms with Crippen LogP contribution in [0, 0.1) is 0 Å². The molecule has 0 aromatic heterocycles. The molecule has 2 saturated heterocycles. The van der Waals surface area contributed by atoms with E-state index in [1.807, 2.05) is 0 Å². The number of morpholine rings is 2. The highest BCUT2D eigenvalue weighted by Crippen LogP contribution is 2.31. The Balaban J connectivity index is 1.84. The summed E-state index contributed by atoms with van der Waals surface area (Å²) >= 11 is 11.2. The topological polar surface area (TPSA) is 43.4 Å². The molecule has 2 aliphatic heterocycles. The average Bonchev–Trinajstić information content (AvgIpc) is 2.61. The maximum Gasteiger partial charge on any atom is 0.147 e. The second-order valence-electron chi connectivity index (χ2n) is 5.45. The summed E-state index contributed by atoms with van der Waals surface area (Å²) in [5, 5.41) is 0. The van der Waals surface area contributed by atoms with Crippen molar-refractivity contribution in [3.63, 3.8) is 0 Å². The molecule has 6 nitrogen and oxygen atoms in total. The monoisotopic (exact) mass is 412 g/mol. The number of hydrogen-bond acceptors (Lipinski definition) is 8. The van der Waals surface area contributed by atoms with Gasteiger partial charge < -0.3 is 28.7 Å². The maximum atomic E-state index is 5.60. The molecule has 0 N–H and O–H groups in total. The first-order chi connectivity index (χ1) is 11.7. The van der Waals surface area contributed by atoms with Gasteiger partial charge in [0.25, 0.3) is 0 Å². The molecule has 0 aromatic carbocycles. The van der Waals surface area contributed by atoms with Crippen molar-refractivity contribution in [2.75, 3.05) is 67.0 Å². The summed E-state index contributed by atoms with van der Waals surface area (Å²) in [6, 6.07) is 0.338. The van der Waals surface area contributed by atoms with Crippen LogP contribution in [0.5, 0.6) is 0 Å². The van der Waals surface area contributed by atoms with E-state index in [4.69, 9.17) is 43.4 Å². The lowest BCUT2D eigenvalue weighted by Crippen LogP contribution is -2.50. The van der Waals surface area contributed by atoms with Gasteiger partial charge in [0, 0.05) is 27.3 Å². The van der Waals surface area contributed by atoms with E-state index in [0.29, 0.717) is 39.6 Å². The fourth-order valence-electron chi connectivity index (χ4n) is 2.62. The van der Waals surface area contributed by atoms with Crippen LogP contribution in [-0.2, 0) is 18.9 Å². The molecule has 2 rings (SSSR count). The molecule has 138 valence electrons. The van der Waals surface area contributed by atoms with Crippen LogP contribution in [0.25, 0.3) is 0 Å². The normalized spacial score (nSPS) is 24.9. The number of methoxy groups -OCH3 is 2. The van der Waals surface area contributed by atoms with Gasteiger partial charge in [-0.15, -0.1) is 0 Å². The predicted molar refractivity (Wildman–Crippen MR) is 107 cm³/mol. The van der Waals surface area contributed by atoms with Crippen molar-refractivity contribution in [2.45, 2.75) is 12.1 Å².